The van der Waals surface area contributed by atoms with Gasteiger partial charge in [-0.25, -0.2) is 9.48 Å². The van der Waals surface area contributed by atoms with Crippen LogP contribution in [-0.4, -0.2) is 54.4 Å². The van der Waals surface area contributed by atoms with Crippen molar-refractivity contribution in [2.45, 2.75) is 25.0 Å². The molecule has 1 aromatic rings. The summed E-state index contributed by atoms with van der Waals surface area (Å²) in [7, 11) is 1.55. The molecule has 0 aromatic carbocycles. The van der Waals surface area contributed by atoms with Gasteiger partial charge in [-0.15, -0.1) is 0 Å². The number of aromatic nitrogens is 2. The molecule has 2 heterocycles. The van der Waals surface area contributed by atoms with Crippen LogP contribution in [0.25, 0.3) is 0 Å². The van der Waals surface area contributed by atoms with Crippen molar-refractivity contribution in [1.29, 1.82) is 0 Å². The summed E-state index contributed by atoms with van der Waals surface area (Å²) in [5.41, 5.74) is 1.64. The van der Waals surface area contributed by atoms with Gasteiger partial charge in [0.05, 0.1) is 18.9 Å². The van der Waals surface area contributed by atoms with Crippen LogP contribution in [0.2, 0.25) is 0 Å². The second-order valence-electron chi connectivity index (χ2n) is 4.94. The van der Waals surface area contributed by atoms with Crippen LogP contribution in [0.15, 0.2) is 0 Å². The predicted octanol–water partition coefficient (Wildman–Crippen LogP) is -0.106. The minimum absolute atomic E-state index is 0.0557. The van der Waals surface area contributed by atoms with Crippen molar-refractivity contribution in [3.05, 3.63) is 11.3 Å². The van der Waals surface area contributed by atoms with E-state index in [1.165, 1.54) is 4.68 Å². The highest BCUT2D eigenvalue weighted by Crippen LogP contribution is 2.34. The summed E-state index contributed by atoms with van der Waals surface area (Å²) >= 11 is 1.65. The molecule has 0 aliphatic carbocycles. The number of nitrogens with zero attached hydrogens (tertiary/aromatic N) is 2. The van der Waals surface area contributed by atoms with Gasteiger partial charge in [-0.05, 0) is 6.92 Å². The minimum Gasteiger partial charge on any atom is -0.459 e. The molecule has 2 rings (SSSR count). The number of fused-ring (bicyclic) bond motifs is 1. The largest absolute Gasteiger partial charge is 0.459 e. The highest BCUT2D eigenvalue weighted by Gasteiger charge is 2.26. The van der Waals surface area contributed by atoms with E-state index >= 15 is 0 Å². The summed E-state index contributed by atoms with van der Waals surface area (Å²) in [6.07, 6.45) is 0. The first kappa shape index (κ1) is 18.3. The zero-order valence-corrected chi connectivity index (χ0v) is 14.4. The quantitative estimate of drug-likeness (QED) is 0.398. The van der Waals surface area contributed by atoms with Crippen molar-refractivity contribution < 1.29 is 23.9 Å². The average Bonchev–Trinajstić information content (AvgIpc) is 3.11. The molecule has 0 unspecified atom stereocenters. The lowest BCUT2D eigenvalue weighted by Crippen LogP contribution is -2.32. The molecular formula is C14H20N4O5S. The van der Waals surface area contributed by atoms with Crippen molar-refractivity contribution in [2.24, 2.45) is 0 Å². The molecule has 10 heteroatoms. The summed E-state index contributed by atoms with van der Waals surface area (Å²) in [4.78, 5) is 35.4. The number of hydrogen-bond donors (Lipinski definition) is 2. The van der Waals surface area contributed by atoms with E-state index in [0.29, 0.717) is 30.5 Å². The number of rotatable bonds is 7. The lowest BCUT2D eigenvalue weighted by molar-refractivity contribution is -0.152. The number of hydrogen-bond acceptors (Lipinski definition) is 7. The average molecular weight is 356 g/mol. The standard InChI is InChI=1S/C14H20N4O5S/c1-3-23-14(21)13(20)16-12-9-7-24-8-10(9)17-18(12)6-11(19)15-4-5-22-2/h3-8H2,1-2H3,(H,15,19)(H,16,20). The Labute approximate surface area is 143 Å². The van der Waals surface area contributed by atoms with E-state index in [1.54, 1.807) is 25.8 Å². The highest BCUT2D eigenvalue weighted by molar-refractivity contribution is 7.98. The van der Waals surface area contributed by atoms with Gasteiger partial charge in [0, 0.05) is 30.7 Å². The monoisotopic (exact) mass is 356 g/mol. The summed E-state index contributed by atoms with van der Waals surface area (Å²) in [5.74, 6) is -0.358. The van der Waals surface area contributed by atoms with Crippen LogP contribution in [0, 0.1) is 0 Å². The second-order valence-corrected chi connectivity index (χ2v) is 5.93. The predicted molar refractivity (Wildman–Crippen MR) is 87.4 cm³/mol. The van der Waals surface area contributed by atoms with E-state index in [1.807, 2.05) is 0 Å². The van der Waals surface area contributed by atoms with Crippen LogP contribution in [0.5, 0.6) is 0 Å². The summed E-state index contributed by atoms with van der Waals surface area (Å²) in [6.45, 7) is 2.47. The van der Waals surface area contributed by atoms with Crippen LogP contribution < -0.4 is 10.6 Å². The SMILES string of the molecule is CCOC(=O)C(=O)Nc1c2c(nn1CC(=O)NCCOC)CSC2. The maximum Gasteiger partial charge on any atom is 0.397 e. The fourth-order valence-corrected chi connectivity index (χ4v) is 3.19. The maximum absolute atomic E-state index is 12.0. The molecule has 2 amide bonds. The first-order valence-electron chi connectivity index (χ1n) is 7.46. The van der Waals surface area contributed by atoms with Crippen LogP contribution in [0.4, 0.5) is 5.82 Å². The van der Waals surface area contributed by atoms with Crippen LogP contribution in [-0.2, 0) is 41.9 Å². The minimum atomic E-state index is -0.964. The zero-order chi connectivity index (χ0) is 17.5. The second kappa shape index (κ2) is 8.69. The molecule has 9 nitrogen and oxygen atoms in total. The van der Waals surface area contributed by atoms with Crippen LogP contribution >= 0.6 is 11.8 Å². The van der Waals surface area contributed by atoms with E-state index in [0.717, 1.165) is 11.3 Å². The number of nitrogens with one attached hydrogen (secondary N) is 2. The van der Waals surface area contributed by atoms with Crippen LogP contribution in [0.1, 0.15) is 18.2 Å². The Hall–Kier alpha value is -2.07. The lowest BCUT2D eigenvalue weighted by atomic mass is 10.3. The Morgan fingerprint density at radius 1 is 1.33 bits per heavy atom. The van der Waals surface area contributed by atoms with E-state index < -0.39 is 11.9 Å². The van der Waals surface area contributed by atoms with Gasteiger partial charge in [-0.3, -0.25) is 9.59 Å². The van der Waals surface area contributed by atoms with Gasteiger partial charge in [-0.2, -0.15) is 16.9 Å². The van der Waals surface area contributed by atoms with Gasteiger partial charge in [0.15, 0.2) is 0 Å². The smallest absolute Gasteiger partial charge is 0.397 e. The molecule has 0 bridgehead atoms. The Balaban J connectivity index is 2.10. The third-order valence-corrected chi connectivity index (χ3v) is 4.20. The van der Waals surface area contributed by atoms with E-state index in [9.17, 15) is 14.4 Å². The molecule has 1 aromatic heterocycles. The van der Waals surface area contributed by atoms with Gasteiger partial charge in [0.1, 0.15) is 12.4 Å². The topological polar surface area (TPSA) is 112 Å². The van der Waals surface area contributed by atoms with Gasteiger partial charge >= 0.3 is 11.9 Å². The zero-order valence-electron chi connectivity index (χ0n) is 13.6. The van der Waals surface area contributed by atoms with Crippen molar-refractivity contribution in [3.8, 4) is 0 Å². The number of thioether (sulfide) groups is 1. The normalized spacial score (nSPS) is 12.6. The molecule has 0 fully saturated rings. The summed E-state index contributed by atoms with van der Waals surface area (Å²) in [6, 6.07) is 0. The number of carbonyl (C=O) groups is 3. The number of amides is 2. The molecule has 0 saturated heterocycles. The molecule has 1 aliphatic rings. The molecule has 0 radical (unpaired) electrons. The molecular weight excluding hydrogens is 336 g/mol. The molecule has 0 spiro atoms. The van der Waals surface area contributed by atoms with Crippen molar-refractivity contribution in [2.75, 3.05) is 32.2 Å². The number of carbonyl (C=O) groups excluding carboxylic acids is 3. The number of anilines is 1. The van der Waals surface area contributed by atoms with Crippen molar-refractivity contribution >= 4 is 35.4 Å². The fourth-order valence-electron chi connectivity index (χ4n) is 2.16. The summed E-state index contributed by atoms with van der Waals surface area (Å²) < 4.78 is 11.0. The Kier molecular flexibility index (Phi) is 6.62. The highest BCUT2D eigenvalue weighted by atomic mass is 32.2. The van der Waals surface area contributed by atoms with Gasteiger partial charge in [0.25, 0.3) is 0 Å². The van der Waals surface area contributed by atoms with Gasteiger partial charge in [-0.1, -0.05) is 0 Å². The molecule has 2 N–H and O–H groups in total. The van der Waals surface area contributed by atoms with Gasteiger partial charge < -0.3 is 20.1 Å². The van der Waals surface area contributed by atoms with E-state index in [2.05, 4.69) is 20.5 Å². The maximum atomic E-state index is 12.0. The number of methoxy groups -OCH3 is 1. The first-order chi connectivity index (χ1) is 11.6. The summed E-state index contributed by atoms with van der Waals surface area (Å²) in [5, 5.41) is 9.56. The number of ether oxygens (including phenoxy) is 2. The van der Waals surface area contributed by atoms with Crippen LogP contribution in [0.3, 0.4) is 0 Å². The lowest BCUT2D eigenvalue weighted by Gasteiger charge is -2.10. The Morgan fingerprint density at radius 3 is 2.83 bits per heavy atom. The first-order valence-corrected chi connectivity index (χ1v) is 8.62. The van der Waals surface area contributed by atoms with Gasteiger partial charge in [0.2, 0.25) is 5.91 Å². The molecule has 1 aliphatic heterocycles. The van der Waals surface area contributed by atoms with Crippen molar-refractivity contribution in [1.82, 2.24) is 15.1 Å². The molecule has 24 heavy (non-hydrogen) atoms. The Morgan fingerprint density at radius 2 is 2.12 bits per heavy atom. The van der Waals surface area contributed by atoms with Crippen molar-refractivity contribution in [3.63, 3.8) is 0 Å². The molecule has 0 saturated carbocycles. The van der Waals surface area contributed by atoms with E-state index in [-0.39, 0.29) is 19.1 Å². The number of esters is 1. The van der Waals surface area contributed by atoms with E-state index in [4.69, 9.17) is 4.74 Å². The third kappa shape index (κ3) is 4.48. The molecule has 132 valence electrons. The fraction of sp³-hybridized carbons (Fsp3) is 0.571. The molecule has 0 atom stereocenters. The Bertz CT molecular complexity index is 631. The third-order valence-electron chi connectivity index (χ3n) is 3.23.